The highest BCUT2D eigenvalue weighted by molar-refractivity contribution is 9.10. The van der Waals surface area contributed by atoms with Gasteiger partial charge < -0.3 is 5.32 Å². The van der Waals surface area contributed by atoms with Gasteiger partial charge >= 0.3 is 0 Å². The number of halogens is 4. The Labute approximate surface area is 165 Å². The van der Waals surface area contributed by atoms with Crippen molar-refractivity contribution in [2.45, 2.75) is 38.1 Å². The zero-order valence-electron chi connectivity index (χ0n) is 13.3. The molecule has 2 nitrogen and oxygen atoms in total. The van der Waals surface area contributed by atoms with Gasteiger partial charge in [0.2, 0.25) is 0 Å². The number of piperazine rings is 1. The molecule has 1 N–H and O–H groups in total. The molecule has 0 radical (unpaired) electrons. The van der Waals surface area contributed by atoms with E-state index in [9.17, 15) is 0 Å². The molecule has 0 unspecified atom stereocenters. The Kier molecular flexibility index (Phi) is 9.81. The van der Waals surface area contributed by atoms with Crippen LogP contribution in [0.25, 0.3) is 0 Å². The highest BCUT2D eigenvalue weighted by Gasteiger charge is 2.32. The number of nitrogens with one attached hydrogen (secondary N) is 1. The van der Waals surface area contributed by atoms with Gasteiger partial charge in [0.05, 0.1) is 0 Å². The fourth-order valence-corrected chi connectivity index (χ4v) is 4.82. The summed E-state index contributed by atoms with van der Waals surface area (Å²) in [5.74, 6) is 0.786. The standard InChI is InChI=1S/C17H24BrClN2.2ClH/c18-16-12-14(19)6-7-15(16)17(13-4-2-1-3-5-13)21-10-8-20-9-11-21;;/h6-7,12-13,17,20H,1-5,8-11H2;2*1H/t17-;;/m0../s1. The van der Waals surface area contributed by atoms with Gasteiger partial charge in [0, 0.05) is 41.7 Å². The summed E-state index contributed by atoms with van der Waals surface area (Å²) in [6, 6.07) is 6.86. The molecule has 1 aromatic carbocycles. The van der Waals surface area contributed by atoms with Gasteiger partial charge in [-0.05, 0) is 36.5 Å². The molecule has 1 atom stereocenters. The molecular formula is C17H26BrCl3N2. The van der Waals surface area contributed by atoms with Crippen molar-refractivity contribution in [3.63, 3.8) is 0 Å². The predicted octanol–water partition coefficient (Wildman–Crippen LogP) is 5.47. The molecule has 6 heteroatoms. The number of hydrogen-bond acceptors (Lipinski definition) is 2. The van der Waals surface area contributed by atoms with E-state index in [1.54, 1.807) is 0 Å². The number of rotatable bonds is 3. The van der Waals surface area contributed by atoms with E-state index in [0.29, 0.717) is 6.04 Å². The van der Waals surface area contributed by atoms with Crippen molar-refractivity contribution < 1.29 is 0 Å². The minimum absolute atomic E-state index is 0. The Bertz CT molecular complexity index is 457. The second kappa shape index (κ2) is 10.5. The second-order valence-corrected chi connectivity index (χ2v) is 7.59. The van der Waals surface area contributed by atoms with Crippen LogP contribution >= 0.6 is 52.3 Å². The topological polar surface area (TPSA) is 15.3 Å². The summed E-state index contributed by atoms with van der Waals surface area (Å²) in [6.07, 6.45) is 6.91. The summed E-state index contributed by atoms with van der Waals surface area (Å²) >= 11 is 9.89. The molecule has 0 amide bonds. The van der Waals surface area contributed by atoms with Crippen molar-refractivity contribution >= 4 is 52.3 Å². The zero-order valence-corrected chi connectivity index (χ0v) is 17.2. The van der Waals surface area contributed by atoms with Gasteiger partial charge in [-0.15, -0.1) is 24.8 Å². The first-order valence-corrected chi connectivity index (χ1v) is 9.32. The summed E-state index contributed by atoms with van der Waals surface area (Å²) in [7, 11) is 0. The third-order valence-electron chi connectivity index (χ3n) is 4.92. The fourth-order valence-electron chi connectivity index (χ4n) is 3.90. The molecule has 3 rings (SSSR count). The van der Waals surface area contributed by atoms with Crippen LogP contribution in [0, 0.1) is 5.92 Å². The van der Waals surface area contributed by atoms with E-state index in [2.05, 4.69) is 38.3 Å². The first-order chi connectivity index (χ1) is 10.3. The molecule has 23 heavy (non-hydrogen) atoms. The maximum absolute atomic E-state index is 6.14. The van der Waals surface area contributed by atoms with Crippen molar-refractivity contribution in [1.82, 2.24) is 10.2 Å². The molecule has 1 saturated heterocycles. The average Bonchev–Trinajstić information content (AvgIpc) is 2.52. The quantitative estimate of drug-likeness (QED) is 0.665. The lowest BCUT2D eigenvalue weighted by Crippen LogP contribution is -2.47. The largest absolute Gasteiger partial charge is 0.314 e. The van der Waals surface area contributed by atoms with E-state index in [4.69, 9.17) is 11.6 Å². The van der Waals surface area contributed by atoms with Crippen LogP contribution in [0.3, 0.4) is 0 Å². The Morgan fingerprint density at radius 2 is 1.74 bits per heavy atom. The minimum atomic E-state index is 0. The molecular weight excluding hydrogens is 418 g/mol. The lowest BCUT2D eigenvalue weighted by Gasteiger charge is -2.41. The summed E-state index contributed by atoms with van der Waals surface area (Å²) < 4.78 is 1.17. The highest BCUT2D eigenvalue weighted by atomic mass is 79.9. The zero-order chi connectivity index (χ0) is 14.7. The Balaban J connectivity index is 0.00000132. The number of hydrogen-bond donors (Lipinski definition) is 1. The van der Waals surface area contributed by atoms with Gasteiger partial charge in [-0.2, -0.15) is 0 Å². The summed E-state index contributed by atoms with van der Waals surface area (Å²) in [5, 5.41) is 4.29. The molecule has 1 aliphatic carbocycles. The van der Waals surface area contributed by atoms with Gasteiger partial charge in [-0.3, -0.25) is 4.90 Å². The monoisotopic (exact) mass is 442 g/mol. The lowest BCUT2D eigenvalue weighted by atomic mass is 9.80. The van der Waals surface area contributed by atoms with E-state index < -0.39 is 0 Å². The molecule has 2 fully saturated rings. The molecule has 1 saturated carbocycles. The predicted molar refractivity (Wildman–Crippen MR) is 107 cm³/mol. The molecule has 0 spiro atoms. The van der Waals surface area contributed by atoms with Crippen molar-refractivity contribution in [3.8, 4) is 0 Å². The van der Waals surface area contributed by atoms with Crippen LogP contribution < -0.4 is 5.32 Å². The normalized spacial score (nSPS) is 21.1. The van der Waals surface area contributed by atoms with Crippen LogP contribution in [-0.4, -0.2) is 31.1 Å². The van der Waals surface area contributed by atoms with Crippen LogP contribution in [0.15, 0.2) is 22.7 Å². The van der Waals surface area contributed by atoms with Crippen LogP contribution in [0.2, 0.25) is 5.02 Å². The van der Waals surface area contributed by atoms with E-state index in [1.165, 1.54) is 42.1 Å². The molecule has 0 aromatic heterocycles. The average molecular weight is 445 g/mol. The summed E-state index contributed by atoms with van der Waals surface area (Å²) in [6.45, 7) is 4.51. The molecule has 1 aliphatic heterocycles. The summed E-state index contributed by atoms with van der Waals surface area (Å²) in [4.78, 5) is 2.68. The number of benzene rings is 1. The van der Waals surface area contributed by atoms with Crippen LogP contribution in [0.1, 0.15) is 43.7 Å². The van der Waals surface area contributed by atoms with Crippen LogP contribution in [0.4, 0.5) is 0 Å². The second-order valence-electron chi connectivity index (χ2n) is 6.29. The van der Waals surface area contributed by atoms with Crippen LogP contribution in [0.5, 0.6) is 0 Å². The minimum Gasteiger partial charge on any atom is -0.314 e. The van der Waals surface area contributed by atoms with E-state index in [1.807, 2.05) is 6.07 Å². The third kappa shape index (κ3) is 5.49. The van der Waals surface area contributed by atoms with Crippen molar-refractivity contribution in [2.24, 2.45) is 5.92 Å². The van der Waals surface area contributed by atoms with Crippen molar-refractivity contribution in [3.05, 3.63) is 33.3 Å². The Morgan fingerprint density at radius 3 is 2.35 bits per heavy atom. The smallest absolute Gasteiger partial charge is 0.0417 e. The van der Waals surface area contributed by atoms with E-state index in [-0.39, 0.29) is 24.8 Å². The molecule has 1 aromatic rings. The summed E-state index contributed by atoms with van der Waals surface area (Å²) in [5.41, 5.74) is 1.42. The maximum atomic E-state index is 6.14. The van der Waals surface area contributed by atoms with Gasteiger partial charge in [-0.25, -0.2) is 0 Å². The first kappa shape index (κ1) is 21.5. The van der Waals surface area contributed by atoms with Gasteiger partial charge in [-0.1, -0.05) is 52.9 Å². The van der Waals surface area contributed by atoms with Gasteiger partial charge in [0.1, 0.15) is 0 Å². The number of nitrogens with zero attached hydrogens (tertiary/aromatic N) is 1. The van der Waals surface area contributed by atoms with Gasteiger partial charge in [0.15, 0.2) is 0 Å². The van der Waals surface area contributed by atoms with Gasteiger partial charge in [0.25, 0.3) is 0 Å². The Hall–Kier alpha value is 0.490. The van der Waals surface area contributed by atoms with E-state index >= 15 is 0 Å². The van der Waals surface area contributed by atoms with Crippen molar-refractivity contribution in [1.29, 1.82) is 0 Å². The molecule has 132 valence electrons. The highest BCUT2D eigenvalue weighted by Crippen LogP contribution is 2.41. The van der Waals surface area contributed by atoms with Crippen molar-refractivity contribution in [2.75, 3.05) is 26.2 Å². The first-order valence-electron chi connectivity index (χ1n) is 8.15. The SMILES string of the molecule is Cl.Cl.Clc1ccc([C@H](C2CCCCC2)N2CCNCC2)c(Br)c1. The maximum Gasteiger partial charge on any atom is 0.0417 e. The third-order valence-corrected chi connectivity index (χ3v) is 5.84. The molecule has 0 bridgehead atoms. The van der Waals surface area contributed by atoms with Crippen LogP contribution in [-0.2, 0) is 0 Å². The van der Waals surface area contributed by atoms with E-state index in [0.717, 1.165) is 37.1 Å². The molecule has 1 heterocycles. The lowest BCUT2D eigenvalue weighted by molar-refractivity contribution is 0.103. The molecule has 2 aliphatic rings. The fraction of sp³-hybridized carbons (Fsp3) is 0.647. The Morgan fingerprint density at radius 1 is 1.09 bits per heavy atom.